The summed E-state index contributed by atoms with van der Waals surface area (Å²) in [5, 5.41) is 4.09. The third-order valence-corrected chi connectivity index (χ3v) is 2.38. The number of methoxy groups -OCH3 is 1. The fraction of sp³-hybridized carbons (Fsp3) is 0.364. The second-order valence-corrected chi connectivity index (χ2v) is 3.48. The van der Waals surface area contributed by atoms with Crippen molar-refractivity contribution in [3.63, 3.8) is 0 Å². The molecule has 5 heteroatoms. The van der Waals surface area contributed by atoms with E-state index in [9.17, 15) is 4.79 Å². The largest absolute Gasteiger partial charge is 0.385 e. The maximum absolute atomic E-state index is 11.9. The number of nitrogens with zero attached hydrogens (tertiary/aromatic N) is 3. The Labute approximate surface area is 93.1 Å². The summed E-state index contributed by atoms with van der Waals surface area (Å²) in [4.78, 5) is 15.8. The molecule has 5 nitrogen and oxygen atoms in total. The Bertz CT molecular complexity index is 493. The molecule has 84 valence electrons. The normalized spacial score (nSPS) is 10.8. The van der Waals surface area contributed by atoms with Crippen LogP contribution >= 0.6 is 0 Å². The molecule has 0 saturated heterocycles. The Morgan fingerprint density at radius 1 is 1.50 bits per heavy atom. The lowest BCUT2D eigenvalue weighted by Crippen LogP contribution is -2.01. The lowest BCUT2D eigenvalue weighted by molar-refractivity contribution is 0.0965. The van der Waals surface area contributed by atoms with Crippen LogP contribution in [0.15, 0.2) is 24.8 Å². The molecule has 2 aromatic rings. The molecule has 0 spiro atoms. The molecule has 0 aliphatic carbocycles. The molecule has 0 amide bonds. The van der Waals surface area contributed by atoms with Crippen LogP contribution in [0.3, 0.4) is 0 Å². The summed E-state index contributed by atoms with van der Waals surface area (Å²) in [5.74, 6) is 0.0834. The summed E-state index contributed by atoms with van der Waals surface area (Å²) in [6.45, 7) is 0.600. The molecule has 16 heavy (non-hydrogen) atoms. The van der Waals surface area contributed by atoms with Gasteiger partial charge in [0.25, 0.3) is 0 Å². The summed E-state index contributed by atoms with van der Waals surface area (Å²) < 4.78 is 6.56. The van der Waals surface area contributed by atoms with E-state index in [0.717, 1.165) is 11.9 Å². The Hall–Kier alpha value is -1.75. The molecule has 0 unspecified atom stereocenters. The van der Waals surface area contributed by atoms with Gasteiger partial charge in [-0.3, -0.25) is 9.78 Å². The molecule has 0 aliphatic rings. The Morgan fingerprint density at radius 3 is 3.19 bits per heavy atom. The first-order valence-electron chi connectivity index (χ1n) is 5.12. The first kappa shape index (κ1) is 10.8. The van der Waals surface area contributed by atoms with Gasteiger partial charge in [0.15, 0.2) is 5.78 Å². The average Bonchev–Trinajstić information content (AvgIpc) is 2.73. The van der Waals surface area contributed by atoms with Crippen molar-refractivity contribution < 1.29 is 9.53 Å². The molecule has 2 rings (SSSR count). The molecule has 0 saturated carbocycles. The average molecular weight is 219 g/mol. The van der Waals surface area contributed by atoms with Gasteiger partial charge in [0.1, 0.15) is 0 Å². The fourth-order valence-electron chi connectivity index (χ4n) is 1.56. The zero-order valence-corrected chi connectivity index (χ0v) is 9.09. The molecule has 0 bridgehead atoms. The second kappa shape index (κ2) is 4.85. The van der Waals surface area contributed by atoms with Crippen LogP contribution in [0, 0.1) is 0 Å². The molecule has 2 heterocycles. The van der Waals surface area contributed by atoms with Gasteiger partial charge in [-0.05, 0) is 6.42 Å². The number of ketones is 1. The van der Waals surface area contributed by atoms with Crippen molar-refractivity contribution in [2.45, 2.75) is 12.8 Å². The fourth-order valence-corrected chi connectivity index (χ4v) is 1.56. The summed E-state index contributed by atoms with van der Waals surface area (Å²) >= 11 is 0. The lowest BCUT2D eigenvalue weighted by Gasteiger charge is -1.98. The summed E-state index contributed by atoms with van der Waals surface area (Å²) in [6.07, 6.45) is 7.81. The number of carbonyl (C=O) groups excluding carboxylic acids is 1. The van der Waals surface area contributed by atoms with E-state index in [-0.39, 0.29) is 5.78 Å². The monoisotopic (exact) mass is 219 g/mol. The third kappa shape index (κ3) is 2.09. The van der Waals surface area contributed by atoms with E-state index in [0.29, 0.717) is 18.6 Å². The molecular weight excluding hydrogens is 206 g/mol. The highest BCUT2D eigenvalue weighted by molar-refractivity contribution is 6.01. The van der Waals surface area contributed by atoms with E-state index in [1.165, 1.54) is 0 Å². The van der Waals surface area contributed by atoms with Gasteiger partial charge in [-0.15, -0.1) is 0 Å². The van der Waals surface area contributed by atoms with Crippen molar-refractivity contribution in [2.75, 3.05) is 13.7 Å². The van der Waals surface area contributed by atoms with Crippen LogP contribution in [0.1, 0.15) is 23.2 Å². The molecule has 2 aromatic heterocycles. The van der Waals surface area contributed by atoms with Gasteiger partial charge < -0.3 is 4.74 Å². The lowest BCUT2D eigenvalue weighted by atomic mass is 10.1. The number of aromatic nitrogens is 3. The minimum absolute atomic E-state index is 0.0834. The van der Waals surface area contributed by atoms with Gasteiger partial charge in [-0.2, -0.15) is 5.10 Å². The number of ether oxygens (including phenoxy) is 1. The Morgan fingerprint density at radius 2 is 2.38 bits per heavy atom. The predicted octanol–water partition coefficient (Wildman–Crippen LogP) is 1.34. The SMILES string of the molecule is COCCCC(=O)c1cnn2ccncc12. The smallest absolute Gasteiger partial charge is 0.166 e. The van der Waals surface area contributed by atoms with E-state index < -0.39 is 0 Å². The molecular formula is C11H13N3O2. The highest BCUT2D eigenvalue weighted by Gasteiger charge is 2.11. The first-order valence-corrected chi connectivity index (χ1v) is 5.12. The van der Waals surface area contributed by atoms with Crippen LogP contribution in [0.5, 0.6) is 0 Å². The second-order valence-electron chi connectivity index (χ2n) is 3.48. The van der Waals surface area contributed by atoms with E-state index in [4.69, 9.17) is 4.74 Å². The topological polar surface area (TPSA) is 56.5 Å². The van der Waals surface area contributed by atoms with Crippen LogP contribution in [-0.4, -0.2) is 34.1 Å². The van der Waals surface area contributed by atoms with Crippen LogP contribution in [0.25, 0.3) is 5.52 Å². The highest BCUT2D eigenvalue weighted by atomic mass is 16.5. The Balaban J connectivity index is 2.17. The van der Waals surface area contributed by atoms with Crippen molar-refractivity contribution in [1.29, 1.82) is 0 Å². The quantitative estimate of drug-likeness (QED) is 0.562. The van der Waals surface area contributed by atoms with Crippen LogP contribution < -0.4 is 0 Å². The molecule has 0 aliphatic heterocycles. The minimum Gasteiger partial charge on any atom is -0.385 e. The minimum atomic E-state index is 0.0834. The van der Waals surface area contributed by atoms with Crippen LogP contribution in [-0.2, 0) is 4.74 Å². The van der Waals surface area contributed by atoms with E-state index in [1.54, 1.807) is 36.4 Å². The maximum Gasteiger partial charge on any atom is 0.166 e. The standard InChI is InChI=1S/C11H13N3O2/c1-16-6-2-3-11(15)9-7-13-14-5-4-12-8-10(9)14/h4-5,7-8H,2-3,6H2,1H3. The van der Waals surface area contributed by atoms with Gasteiger partial charge >= 0.3 is 0 Å². The van der Waals surface area contributed by atoms with Gasteiger partial charge in [0, 0.05) is 32.5 Å². The van der Waals surface area contributed by atoms with Crippen molar-refractivity contribution >= 4 is 11.3 Å². The number of rotatable bonds is 5. The summed E-state index contributed by atoms with van der Waals surface area (Å²) in [7, 11) is 1.63. The molecule has 0 atom stereocenters. The van der Waals surface area contributed by atoms with Gasteiger partial charge in [0.05, 0.1) is 23.5 Å². The number of carbonyl (C=O) groups is 1. The van der Waals surface area contributed by atoms with E-state index in [2.05, 4.69) is 10.1 Å². The van der Waals surface area contributed by atoms with Crippen molar-refractivity contribution in [1.82, 2.24) is 14.6 Å². The third-order valence-electron chi connectivity index (χ3n) is 2.38. The van der Waals surface area contributed by atoms with Crippen molar-refractivity contribution in [2.24, 2.45) is 0 Å². The maximum atomic E-state index is 11.9. The van der Waals surface area contributed by atoms with Gasteiger partial charge in [0.2, 0.25) is 0 Å². The summed E-state index contributed by atoms with van der Waals surface area (Å²) in [5.41, 5.74) is 1.38. The van der Waals surface area contributed by atoms with E-state index in [1.807, 2.05) is 0 Å². The zero-order chi connectivity index (χ0) is 11.4. The molecule has 0 fully saturated rings. The summed E-state index contributed by atoms with van der Waals surface area (Å²) in [6, 6.07) is 0. The van der Waals surface area contributed by atoms with Crippen molar-refractivity contribution in [3.05, 3.63) is 30.4 Å². The van der Waals surface area contributed by atoms with Gasteiger partial charge in [-0.1, -0.05) is 0 Å². The van der Waals surface area contributed by atoms with Crippen LogP contribution in [0.4, 0.5) is 0 Å². The molecule has 0 N–H and O–H groups in total. The highest BCUT2D eigenvalue weighted by Crippen LogP contribution is 2.12. The molecule has 0 radical (unpaired) electrons. The van der Waals surface area contributed by atoms with Gasteiger partial charge in [-0.25, -0.2) is 4.52 Å². The molecule has 0 aromatic carbocycles. The first-order chi connectivity index (χ1) is 7.83. The van der Waals surface area contributed by atoms with E-state index >= 15 is 0 Å². The number of hydrogen-bond donors (Lipinski definition) is 0. The predicted molar refractivity (Wildman–Crippen MR) is 58.4 cm³/mol. The number of fused-ring (bicyclic) bond motifs is 1. The zero-order valence-electron chi connectivity index (χ0n) is 9.09. The van der Waals surface area contributed by atoms with Crippen LogP contribution in [0.2, 0.25) is 0 Å². The van der Waals surface area contributed by atoms with Crippen molar-refractivity contribution in [3.8, 4) is 0 Å². The number of Topliss-reactive ketones (excluding diaryl/α,β-unsaturated/α-hetero) is 1. The Kier molecular flexibility index (Phi) is 3.26. The number of hydrogen-bond acceptors (Lipinski definition) is 4.